The third-order valence-electron chi connectivity index (χ3n) is 3.21. The number of aliphatic hydroxyl groups is 1. The van der Waals surface area contributed by atoms with Gasteiger partial charge in [-0.1, -0.05) is 29.8 Å². The van der Waals surface area contributed by atoms with Crippen molar-refractivity contribution in [3.05, 3.63) is 34.9 Å². The molecule has 0 bridgehead atoms. The zero-order chi connectivity index (χ0) is 13.7. The van der Waals surface area contributed by atoms with Crippen LogP contribution in [0.3, 0.4) is 0 Å². The molecule has 1 amide bonds. The number of carbonyl (C=O) groups excluding carboxylic acids is 1. The molecule has 1 aliphatic rings. The highest BCUT2D eigenvalue weighted by atomic mass is 35.5. The minimum atomic E-state index is -0.426. The molecule has 0 aromatic heterocycles. The molecule has 1 aliphatic heterocycles. The zero-order valence-corrected chi connectivity index (χ0v) is 11.5. The number of hydrogen-bond donors (Lipinski definition) is 1. The van der Waals surface area contributed by atoms with Crippen LogP contribution in [0.4, 0.5) is 4.79 Å². The summed E-state index contributed by atoms with van der Waals surface area (Å²) in [5, 5.41) is 10.2. The Labute approximate surface area is 117 Å². The number of amides is 1. The van der Waals surface area contributed by atoms with Gasteiger partial charge in [-0.15, -0.1) is 0 Å². The number of carbonyl (C=O) groups is 1. The van der Waals surface area contributed by atoms with Gasteiger partial charge < -0.3 is 14.7 Å². The summed E-state index contributed by atoms with van der Waals surface area (Å²) in [6.45, 7) is 1.32. The summed E-state index contributed by atoms with van der Waals surface area (Å²) >= 11 is 6.02. The molecular formula is C14H18ClNO3. The lowest BCUT2D eigenvalue weighted by atomic mass is 10.1. The molecule has 1 aromatic carbocycles. The molecule has 4 nitrogen and oxygen atoms in total. The van der Waals surface area contributed by atoms with E-state index in [-0.39, 0.29) is 6.09 Å². The minimum absolute atomic E-state index is 0.301. The number of benzene rings is 1. The van der Waals surface area contributed by atoms with Gasteiger partial charge in [0.15, 0.2) is 0 Å². The van der Waals surface area contributed by atoms with Gasteiger partial charge in [0, 0.05) is 24.5 Å². The summed E-state index contributed by atoms with van der Waals surface area (Å²) in [5.74, 6) is 0. The van der Waals surface area contributed by atoms with Gasteiger partial charge in [-0.3, -0.25) is 0 Å². The predicted molar refractivity (Wildman–Crippen MR) is 73.3 cm³/mol. The third-order valence-corrected chi connectivity index (χ3v) is 3.58. The number of likely N-dealkylation sites (tertiary alicyclic amines) is 1. The second kappa shape index (κ2) is 6.78. The third kappa shape index (κ3) is 4.11. The second-order valence-corrected chi connectivity index (χ2v) is 5.11. The standard InChI is InChI=1S/C14H18ClNO3/c15-13-6-2-1-4-11(13)7-9-19-14(18)16-8-3-5-12(17)10-16/h1-2,4,6,12,17H,3,5,7-10H2. The Hall–Kier alpha value is -1.26. The molecule has 0 saturated carbocycles. The second-order valence-electron chi connectivity index (χ2n) is 4.70. The molecule has 1 fully saturated rings. The van der Waals surface area contributed by atoms with E-state index in [9.17, 15) is 9.90 Å². The van der Waals surface area contributed by atoms with E-state index >= 15 is 0 Å². The number of halogens is 1. The lowest BCUT2D eigenvalue weighted by molar-refractivity contribution is 0.0495. The molecule has 1 N–H and O–H groups in total. The first-order valence-electron chi connectivity index (χ1n) is 6.50. The van der Waals surface area contributed by atoms with Crippen LogP contribution in [0.5, 0.6) is 0 Å². The van der Waals surface area contributed by atoms with Crippen molar-refractivity contribution >= 4 is 17.7 Å². The molecule has 1 unspecified atom stereocenters. The number of hydrogen-bond acceptors (Lipinski definition) is 3. The normalized spacial score (nSPS) is 19.3. The Bertz CT molecular complexity index is 438. The number of ether oxygens (including phenoxy) is 1. The van der Waals surface area contributed by atoms with Gasteiger partial charge in [-0.05, 0) is 24.5 Å². The molecule has 1 saturated heterocycles. The first-order chi connectivity index (χ1) is 9.16. The molecule has 1 atom stereocenters. The molecule has 19 heavy (non-hydrogen) atoms. The molecule has 104 valence electrons. The van der Waals surface area contributed by atoms with Gasteiger partial charge >= 0.3 is 6.09 Å². The maximum absolute atomic E-state index is 11.8. The zero-order valence-electron chi connectivity index (χ0n) is 10.7. The van der Waals surface area contributed by atoms with Gasteiger partial charge in [-0.25, -0.2) is 4.79 Å². The molecule has 1 aromatic rings. The highest BCUT2D eigenvalue weighted by Gasteiger charge is 2.22. The van der Waals surface area contributed by atoms with Crippen molar-refractivity contribution in [3.63, 3.8) is 0 Å². The lowest BCUT2D eigenvalue weighted by Gasteiger charge is -2.29. The van der Waals surface area contributed by atoms with E-state index in [1.165, 1.54) is 0 Å². The summed E-state index contributed by atoms with van der Waals surface area (Å²) in [7, 11) is 0. The summed E-state index contributed by atoms with van der Waals surface area (Å²) in [4.78, 5) is 13.3. The molecule has 5 heteroatoms. The lowest BCUT2D eigenvalue weighted by Crippen LogP contribution is -2.42. The van der Waals surface area contributed by atoms with Crippen molar-refractivity contribution in [2.24, 2.45) is 0 Å². The van der Waals surface area contributed by atoms with Crippen molar-refractivity contribution < 1.29 is 14.6 Å². The van der Waals surface area contributed by atoms with Crippen LogP contribution < -0.4 is 0 Å². The van der Waals surface area contributed by atoms with E-state index in [1.807, 2.05) is 24.3 Å². The Morgan fingerprint density at radius 1 is 1.47 bits per heavy atom. The van der Waals surface area contributed by atoms with Crippen LogP contribution in [0.2, 0.25) is 5.02 Å². The number of aliphatic hydroxyl groups excluding tert-OH is 1. The molecular weight excluding hydrogens is 266 g/mol. The fourth-order valence-corrected chi connectivity index (χ4v) is 2.39. The Morgan fingerprint density at radius 2 is 2.26 bits per heavy atom. The van der Waals surface area contributed by atoms with Gasteiger partial charge in [0.05, 0.1) is 12.7 Å². The first kappa shape index (κ1) is 14.2. The van der Waals surface area contributed by atoms with Crippen LogP contribution in [0.25, 0.3) is 0 Å². The van der Waals surface area contributed by atoms with Crippen molar-refractivity contribution in [2.75, 3.05) is 19.7 Å². The van der Waals surface area contributed by atoms with E-state index in [2.05, 4.69) is 0 Å². The fourth-order valence-electron chi connectivity index (χ4n) is 2.16. The Balaban J connectivity index is 1.76. The van der Waals surface area contributed by atoms with E-state index < -0.39 is 6.10 Å². The highest BCUT2D eigenvalue weighted by Crippen LogP contribution is 2.16. The summed E-state index contributed by atoms with van der Waals surface area (Å²) in [6, 6.07) is 7.51. The summed E-state index contributed by atoms with van der Waals surface area (Å²) < 4.78 is 5.21. The van der Waals surface area contributed by atoms with E-state index in [0.29, 0.717) is 31.1 Å². The number of nitrogens with zero attached hydrogens (tertiary/aromatic N) is 1. The van der Waals surface area contributed by atoms with E-state index in [0.717, 1.165) is 18.4 Å². The average Bonchev–Trinajstić information content (AvgIpc) is 2.41. The van der Waals surface area contributed by atoms with Crippen LogP contribution in [0, 0.1) is 0 Å². The topological polar surface area (TPSA) is 49.8 Å². The smallest absolute Gasteiger partial charge is 0.409 e. The Kier molecular flexibility index (Phi) is 5.05. The number of piperidine rings is 1. The minimum Gasteiger partial charge on any atom is -0.449 e. The first-order valence-corrected chi connectivity index (χ1v) is 6.88. The van der Waals surface area contributed by atoms with E-state index in [4.69, 9.17) is 16.3 Å². The van der Waals surface area contributed by atoms with Crippen molar-refractivity contribution in [3.8, 4) is 0 Å². The van der Waals surface area contributed by atoms with E-state index in [1.54, 1.807) is 4.90 Å². The van der Waals surface area contributed by atoms with Crippen LogP contribution in [-0.2, 0) is 11.2 Å². The maximum atomic E-state index is 11.8. The maximum Gasteiger partial charge on any atom is 0.409 e. The van der Waals surface area contributed by atoms with Crippen LogP contribution >= 0.6 is 11.6 Å². The number of rotatable bonds is 3. The summed E-state index contributed by atoms with van der Waals surface area (Å²) in [5.41, 5.74) is 0.968. The predicted octanol–water partition coefficient (Wildman–Crippen LogP) is 2.48. The van der Waals surface area contributed by atoms with Gasteiger partial charge in [0.1, 0.15) is 0 Å². The molecule has 2 rings (SSSR count). The van der Waals surface area contributed by atoms with Crippen LogP contribution in [0.15, 0.2) is 24.3 Å². The Morgan fingerprint density at radius 3 is 3.00 bits per heavy atom. The van der Waals surface area contributed by atoms with Gasteiger partial charge in [-0.2, -0.15) is 0 Å². The van der Waals surface area contributed by atoms with Gasteiger partial charge in [0.2, 0.25) is 0 Å². The SMILES string of the molecule is O=C(OCCc1ccccc1Cl)N1CCCC(O)C1. The monoisotopic (exact) mass is 283 g/mol. The van der Waals surface area contributed by atoms with Crippen LogP contribution in [-0.4, -0.2) is 41.9 Å². The van der Waals surface area contributed by atoms with Gasteiger partial charge in [0.25, 0.3) is 0 Å². The van der Waals surface area contributed by atoms with Crippen molar-refractivity contribution in [1.82, 2.24) is 4.90 Å². The van der Waals surface area contributed by atoms with Crippen LogP contribution in [0.1, 0.15) is 18.4 Å². The molecule has 0 radical (unpaired) electrons. The fraction of sp³-hybridized carbons (Fsp3) is 0.500. The molecule has 0 spiro atoms. The van der Waals surface area contributed by atoms with Crippen molar-refractivity contribution in [2.45, 2.75) is 25.4 Å². The summed E-state index contributed by atoms with van der Waals surface area (Å²) in [6.07, 6.45) is 1.39. The number of β-amino-alcohol motifs (C(OH)–C–C–N with tert-alkyl or cyclic N) is 1. The molecule has 1 heterocycles. The largest absolute Gasteiger partial charge is 0.449 e. The van der Waals surface area contributed by atoms with Crippen molar-refractivity contribution in [1.29, 1.82) is 0 Å². The molecule has 0 aliphatic carbocycles. The average molecular weight is 284 g/mol. The highest BCUT2D eigenvalue weighted by molar-refractivity contribution is 6.31. The quantitative estimate of drug-likeness (QED) is 0.927.